The third kappa shape index (κ3) is 4.33. The highest BCUT2D eigenvalue weighted by molar-refractivity contribution is 5.96. The average molecular weight is 298 g/mol. The fraction of sp³-hybridized carbons (Fsp3) is 0.278. The summed E-state index contributed by atoms with van der Waals surface area (Å²) in [7, 11) is 0. The second-order valence-electron chi connectivity index (χ2n) is 5.11. The number of hydrogen-bond donors (Lipinski definition) is 2. The summed E-state index contributed by atoms with van der Waals surface area (Å²) in [6.07, 6.45) is 0.762. The number of rotatable bonds is 7. The van der Waals surface area contributed by atoms with Crippen molar-refractivity contribution in [3.05, 3.63) is 65.2 Å². The minimum absolute atomic E-state index is 0.131. The fourth-order valence-electron chi connectivity index (χ4n) is 2.11. The predicted molar refractivity (Wildman–Crippen MR) is 88.0 cm³/mol. The van der Waals surface area contributed by atoms with Gasteiger partial charge in [0, 0.05) is 6.54 Å². The zero-order valence-electron chi connectivity index (χ0n) is 12.8. The second kappa shape index (κ2) is 8.20. The van der Waals surface area contributed by atoms with E-state index in [-0.39, 0.29) is 5.91 Å². The zero-order chi connectivity index (χ0) is 15.8. The highest BCUT2D eigenvalue weighted by atomic mass is 16.5. The van der Waals surface area contributed by atoms with Crippen molar-refractivity contribution in [2.45, 2.75) is 20.0 Å². The lowest BCUT2D eigenvalue weighted by atomic mass is 10.1. The first kappa shape index (κ1) is 16.0. The van der Waals surface area contributed by atoms with Gasteiger partial charge in [-0.05, 0) is 43.1 Å². The standard InChI is InChI=1S/C18H22N2O2/c1-14-7-2-3-8-15(14)13-22-17-10-5-4-9-16(17)18(21)20-12-6-11-19/h2-5,7-10H,6,11-13,19H2,1H3,(H,20,21). The van der Waals surface area contributed by atoms with Crippen LogP contribution in [0.5, 0.6) is 5.75 Å². The van der Waals surface area contributed by atoms with Crippen molar-refractivity contribution in [3.63, 3.8) is 0 Å². The Labute approximate surface area is 131 Å². The highest BCUT2D eigenvalue weighted by Gasteiger charge is 2.11. The van der Waals surface area contributed by atoms with Gasteiger partial charge in [0.15, 0.2) is 0 Å². The van der Waals surface area contributed by atoms with Crippen molar-refractivity contribution < 1.29 is 9.53 Å². The normalized spacial score (nSPS) is 10.3. The summed E-state index contributed by atoms with van der Waals surface area (Å²) >= 11 is 0. The lowest BCUT2D eigenvalue weighted by Gasteiger charge is -2.12. The first-order valence-electron chi connectivity index (χ1n) is 7.47. The smallest absolute Gasteiger partial charge is 0.255 e. The molecule has 0 aliphatic rings. The molecule has 0 aliphatic carbocycles. The monoisotopic (exact) mass is 298 g/mol. The number of hydrogen-bond acceptors (Lipinski definition) is 3. The Balaban J connectivity index is 2.05. The van der Waals surface area contributed by atoms with Crippen LogP contribution in [0.25, 0.3) is 0 Å². The molecular weight excluding hydrogens is 276 g/mol. The number of para-hydroxylation sites is 1. The molecule has 116 valence electrons. The van der Waals surface area contributed by atoms with E-state index in [0.29, 0.717) is 31.0 Å². The molecule has 4 heteroatoms. The molecule has 0 saturated carbocycles. The molecule has 0 atom stereocenters. The molecule has 0 radical (unpaired) electrons. The highest BCUT2D eigenvalue weighted by Crippen LogP contribution is 2.20. The molecule has 0 heterocycles. The van der Waals surface area contributed by atoms with Gasteiger partial charge in [-0.25, -0.2) is 0 Å². The lowest BCUT2D eigenvalue weighted by Crippen LogP contribution is -2.26. The van der Waals surface area contributed by atoms with E-state index in [1.165, 1.54) is 5.56 Å². The fourth-order valence-corrected chi connectivity index (χ4v) is 2.11. The quantitative estimate of drug-likeness (QED) is 0.772. The van der Waals surface area contributed by atoms with Gasteiger partial charge in [-0.1, -0.05) is 36.4 Å². The van der Waals surface area contributed by atoms with Gasteiger partial charge in [-0.2, -0.15) is 0 Å². The molecule has 0 bridgehead atoms. The molecule has 2 rings (SSSR count). The Morgan fingerprint density at radius 2 is 1.86 bits per heavy atom. The van der Waals surface area contributed by atoms with Crippen LogP contribution in [0.15, 0.2) is 48.5 Å². The van der Waals surface area contributed by atoms with Gasteiger partial charge < -0.3 is 15.8 Å². The molecule has 4 nitrogen and oxygen atoms in total. The number of carbonyl (C=O) groups excluding carboxylic acids is 1. The molecule has 1 amide bonds. The van der Waals surface area contributed by atoms with E-state index < -0.39 is 0 Å². The summed E-state index contributed by atoms with van der Waals surface area (Å²) in [5, 5.41) is 2.85. The van der Waals surface area contributed by atoms with E-state index >= 15 is 0 Å². The maximum Gasteiger partial charge on any atom is 0.255 e. The van der Waals surface area contributed by atoms with E-state index in [1.807, 2.05) is 49.4 Å². The van der Waals surface area contributed by atoms with Gasteiger partial charge in [-0.3, -0.25) is 4.79 Å². The third-order valence-electron chi connectivity index (χ3n) is 3.44. The number of benzene rings is 2. The molecule has 0 spiro atoms. The molecule has 0 saturated heterocycles. The Morgan fingerprint density at radius 1 is 1.14 bits per heavy atom. The number of ether oxygens (including phenoxy) is 1. The van der Waals surface area contributed by atoms with Crippen LogP contribution in [-0.4, -0.2) is 19.0 Å². The van der Waals surface area contributed by atoms with Crippen molar-refractivity contribution >= 4 is 5.91 Å². The van der Waals surface area contributed by atoms with Crippen LogP contribution in [0, 0.1) is 6.92 Å². The number of amides is 1. The summed E-state index contributed by atoms with van der Waals surface area (Å²) in [5.74, 6) is 0.463. The molecule has 3 N–H and O–H groups in total. The minimum atomic E-state index is -0.131. The Hall–Kier alpha value is -2.33. The van der Waals surface area contributed by atoms with E-state index in [2.05, 4.69) is 5.32 Å². The Kier molecular flexibility index (Phi) is 5.98. The van der Waals surface area contributed by atoms with Crippen molar-refractivity contribution in [1.82, 2.24) is 5.32 Å². The summed E-state index contributed by atoms with van der Waals surface area (Å²) in [5.41, 5.74) is 8.27. The van der Waals surface area contributed by atoms with Crippen molar-refractivity contribution in [2.24, 2.45) is 5.73 Å². The summed E-state index contributed by atoms with van der Waals surface area (Å²) in [6.45, 7) is 3.62. The van der Waals surface area contributed by atoms with Gasteiger partial charge in [-0.15, -0.1) is 0 Å². The first-order valence-corrected chi connectivity index (χ1v) is 7.47. The second-order valence-corrected chi connectivity index (χ2v) is 5.11. The molecule has 2 aromatic carbocycles. The third-order valence-corrected chi connectivity index (χ3v) is 3.44. The lowest BCUT2D eigenvalue weighted by molar-refractivity contribution is 0.0949. The summed E-state index contributed by atoms with van der Waals surface area (Å²) < 4.78 is 5.85. The van der Waals surface area contributed by atoms with E-state index in [0.717, 1.165) is 12.0 Å². The molecular formula is C18H22N2O2. The van der Waals surface area contributed by atoms with Crippen molar-refractivity contribution in [2.75, 3.05) is 13.1 Å². The van der Waals surface area contributed by atoms with Crippen LogP contribution >= 0.6 is 0 Å². The van der Waals surface area contributed by atoms with Gasteiger partial charge in [0.1, 0.15) is 12.4 Å². The maximum absolute atomic E-state index is 12.2. The van der Waals surface area contributed by atoms with Crippen LogP contribution < -0.4 is 15.8 Å². The van der Waals surface area contributed by atoms with E-state index in [9.17, 15) is 4.79 Å². The van der Waals surface area contributed by atoms with Crippen LogP contribution in [0.4, 0.5) is 0 Å². The summed E-state index contributed by atoms with van der Waals surface area (Å²) in [6, 6.07) is 15.3. The largest absolute Gasteiger partial charge is 0.488 e. The first-order chi connectivity index (χ1) is 10.7. The Bertz CT molecular complexity index is 626. The van der Waals surface area contributed by atoms with Gasteiger partial charge in [0.25, 0.3) is 5.91 Å². The van der Waals surface area contributed by atoms with Gasteiger partial charge in [0.05, 0.1) is 5.56 Å². The molecule has 0 aliphatic heterocycles. The average Bonchev–Trinajstić information content (AvgIpc) is 2.54. The predicted octanol–water partition coefficient (Wildman–Crippen LogP) is 2.65. The number of nitrogens with two attached hydrogens (primary N) is 1. The molecule has 2 aromatic rings. The van der Waals surface area contributed by atoms with Gasteiger partial charge in [0.2, 0.25) is 0 Å². The molecule has 22 heavy (non-hydrogen) atoms. The SMILES string of the molecule is Cc1ccccc1COc1ccccc1C(=O)NCCCN. The maximum atomic E-state index is 12.2. The number of aryl methyl sites for hydroxylation is 1. The van der Waals surface area contributed by atoms with Crippen LogP contribution in [0.3, 0.4) is 0 Å². The van der Waals surface area contributed by atoms with Gasteiger partial charge >= 0.3 is 0 Å². The summed E-state index contributed by atoms with van der Waals surface area (Å²) in [4.78, 5) is 12.2. The number of nitrogens with one attached hydrogen (secondary N) is 1. The zero-order valence-corrected chi connectivity index (χ0v) is 12.8. The molecule has 0 fully saturated rings. The van der Waals surface area contributed by atoms with Crippen LogP contribution in [0.1, 0.15) is 27.9 Å². The van der Waals surface area contributed by atoms with Crippen molar-refractivity contribution in [3.8, 4) is 5.75 Å². The molecule has 0 unspecified atom stereocenters. The Morgan fingerprint density at radius 3 is 2.64 bits per heavy atom. The number of carbonyl (C=O) groups is 1. The van der Waals surface area contributed by atoms with Crippen LogP contribution in [-0.2, 0) is 6.61 Å². The van der Waals surface area contributed by atoms with Crippen molar-refractivity contribution in [1.29, 1.82) is 0 Å². The van der Waals surface area contributed by atoms with E-state index in [1.54, 1.807) is 6.07 Å². The van der Waals surface area contributed by atoms with Crippen LogP contribution in [0.2, 0.25) is 0 Å². The molecule has 0 aromatic heterocycles. The van der Waals surface area contributed by atoms with E-state index in [4.69, 9.17) is 10.5 Å². The minimum Gasteiger partial charge on any atom is -0.488 e. The topological polar surface area (TPSA) is 64.3 Å².